The van der Waals surface area contributed by atoms with Gasteiger partial charge >= 0.3 is 5.97 Å². The number of carboxylic acids is 1. The minimum Gasteiger partial charge on any atom is -0.481 e. The molecule has 0 bridgehead atoms. The summed E-state index contributed by atoms with van der Waals surface area (Å²) in [6.45, 7) is 1.13. The summed E-state index contributed by atoms with van der Waals surface area (Å²) in [6.07, 6.45) is 3.96. The Kier molecular flexibility index (Phi) is 4.09. The Morgan fingerprint density at radius 2 is 2.09 bits per heavy atom. The molecule has 0 unspecified atom stereocenters. The third kappa shape index (κ3) is 3.08. The lowest BCUT2D eigenvalue weighted by atomic mass is 9.97. The predicted octanol–water partition coefficient (Wildman–Crippen LogP) is 0.112. The number of imidazole rings is 1. The van der Waals surface area contributed by atoms with E-state index in [2.05, 4.69) is 19.9 Å². The van der Waals surface area contributed by atoms with Gasteiger partial charge in [-0.2, -0.15) is 0 Å². The van der Waals surface area contributed by atoms with Gasteiger partial charge in [0.05, 0.1) is 18.8 Å². The standard InChI is InChI=1S/C14H18N6O3/c1-19(13-11-12(16-7-15-11)17-8-18-13)6-10(21)20-4-2-9(3-5-20)14(22)23/h7-9H,2-6H2,1H3,(H,22,23)(H,15,16,17,18). The number of nitrogens with one attached hydrogen (secondary N) is 1. The predicted molar refractivity (Wildman–Crippen MR) is 81.9 cm³/mol. The number of carboxylic acid groups (broad SMARTS) is 1. The molecule has 9 nitrogen and oxygen atoms in total. The molecule has 0 spiro atoms. The average molecular weight is 318 g/mol. The molecular formula is C14H18N6O3. The molecule has 1 saturated heterocycles. The molecule has 2 N–H and O–H groups in total. The number of nitrogens with zero attached hydrogens (tertiary/aromatic N) is 5. The molecule has 0 radical (unpaired) electrons. The summed E-state index contributed by atoms with van der Waals surface area (Å²) in [4.78, 5) is 42.1. The second kappa shape index (κ2) is 6.19. The third-order valence-electron chi connectivity index (χ3n) is 4.13. The van der Waals surface area contributed by atoms with Crippen LogP contribution in [0.25, 0.3) is 11.2 Å². The molecule has 122 valence electrons. The number of aromatic amines is 1. The first-order valence-electron chi connectivity index (χ1n) is 7.42. The number of piperidine rings is 1. The van der Waals surface area contributed by atoms with Crippen molar-refractivity contribution in [3.8, 4) is 0 Å². The van der Waals surface area contributed by atoms with Crippen LogP contribution < -0.4 is 4.90 Å². The number of rotatable bonds is 4. The first-order chi connectivity index (χ1) is 11.1. The maximum absolute atomic E-state index is 12.4. The summed E-state index contributed by atoms with van der Waals surface area (Å²) >= 11 is 0. The van der Waals surface area contributed by atoms with Gasteiger partial charge in [0.2, 0.25) is 5.91 Å². The zero-order valence-corrected chi connectivity index (χ0v) is 12.8. The molecular weight excluding hydrogens is 300 g/mol. The number of carbonyl (C=O) groups excluding carboxylic acids is 1. The Hall–Kier alpha value is -2.71. The molecule has 3 heterocycles. The molecule has 3 rings (SSSR count). The lowest BCUT2D eigenvalue weighted by Gasteiger charge is -2.31. The number of hydrogen-bond donors (Lipinski definition) is 2. The normalized spacial score (nSPS) is 15.8. The van der Waals surface area contributed by atoms with E-state index < -0.39 is 5.97 Å². The molecule has 0 aromatic carbocycles. The van der Waals surface area contributed by atoms with Crippen LogP contribution in [0, 0.1) is 5.92 Å². The summed E-state index contributed by atoms with van der Waals surface area (Å²) < 4.78 is 0. The van der Waals surface area contributed by atoms with Crippen LogP contribution in [0.2, 0.25) is 0 Å². The average Bonchev–Trinajstić information content (AvgIpc) is 3.03. The number of anilines is 1. The maximum atomic E-state index is 12.4. The number of amides is 1. The fourth-order valence-corrected chi connectivity index (χ4v) is 2.80. The van der Waals surface area contributed by atoms with Crippen LogP contribution >= 0.6 is 0 Å². The van der Waals surface area contributed by atoms with Gasteiger partial charge in [-0.3, -0.25) is 9.59 Å². The van der Waals surface area contributed by atoms with Gasteiger partial charge in [0, 0.05) is 20.1 Å². The van der Waals surface area contributed by atoms with Gasteiger partial charge in [-0.05, 0) is 12.8 Å². The highest BCUT2D eigenvalue weighted by molar-refractivity contribution is 5.87. The SMILES string of the molecule is CN(CC(=O)N1CCC(C(=O)O)CC1)c1ncnc2nc[nH]c12. The molecule has 2 aromatic heterocycles. The Labute approximate surface area is 132 Å². The maximum Gasteiger partial charge on any atom is 0.306 e. The summed E-state index contributed by atoms with van der Waals surface area (Å²) in [5.41, 5.74) is 1.24. The molecule has 0 saturated carbocycles. The van der Waals surface area contributed by atoms with Crippen LogP contribution in [0.15, 0.2) is 12.7 Å². The number of aromatic nitrogens is 4. The van der Waals surface area contributed by atoms with E-state index in [1.54, 1.807) is 16.8 Å². The summed E-state index contributed by atoms with van der Waals surface area (Å²) in [6, 6.07) is 0. The van der Waals surface area contributed by atoms with Gasteiger partial charge in [0.25, 0.3) is 0 Å². The molecule has 1 aliphatic rings. The van der Waals surface area contributed by atoms with Gasteiger partial charge in [-0.1, -0.05) is 0 Å². The van der Waals surface area contributed by atoms with E-state index >= 15 is 0 Å². The van der Waals surface area contributed by atoms with E-state index in [9.17, 15) is 9.59 Å². The minimum atomic E-state index is -0.781. The van der Waals surface area contributed by atoms with Crippen molar-refractivity contribution in [2.45, 2.75) is 12.8 Å². The number of fused-ring (bicyclic) bond motifs is 1. The van der Waals surface area contributed by atoms with E-state index in [0.717, 1.165) is 0 Å². The van der Waals surface area contributed by atoms with E-state index in [1.165, 1.54) is 12.7 Å². The highest BCUT2D eigenvalue weighted by atomic mass is 16.4. The van der Waals surface area contributed by atoms with Crippen LogP contribution in [0.4, 0.5) is 5.82 Å². The molecule has 0 aliphatic carbocycles. The number of likely N-dealkylation sites (tertiary alicyclic amines) is 1. The summed E-state index contributed by atoms with van der Waals surface area (Å²) in [7, 11) is 1.78. The number of hydrogen-bond acceptors (Lipinski definition) is 6. The highest BCUT2D eigenvalue weighted by Gasteiger charge is 2.27. The van der Waals surface area contributed by atoms with Crippen LogP contribution in [0.5, 0.6) is 0 Å². The van der Waals surface area contributed by atoms with Crippen molar-refractivity contribution < 1.29 is 14.7 Å². The second-order valence-corrected chi connectivity index (χ2v) is 5.65. The van der Waals surface area contributed by atoms with Gasteiger partial charge < -0.3 is 19.9 Å². The van der Waals surface area contributed by atoms with Gasteiger partial charge in [0.15, 0.2) is 11.5 Å². The molecule has 23 heavy (non-hydrogen) atoms. The number of H-pyrrole nitrogens is 1. The number of aliphatic carboxylic acids is 1. The van der Waals surface area contributed by atoms with E-state index in [0.29, 0.717) is 42.9 Å². The fraction of sp³-hybridized carbons (Fsp3) is 0.500. The van der Waals surface area contributed by atoms with Crippen LogP contribution in [-0.4, -0.2) is 68.5 Å². The third-order valence-corrected chi connectivity index (χ3v) is 4.13. The van der Waals surface area contributed by atoms with Crippen molar-refractivity contribution in [1.82, 2.24) is 24.8 Å². The fourth-order valence-electron chi connectivity index (χ4n) is 2.80. The molecule has 2 aromatic rings. The van der Waals surface area contributed by atoms with Crippen molar-refractivity contribution in [1.29, 1.82) is 0 Å². The van der Waals surface area contributed by atoms with Crippen LogP contribution in [0.3, 0.4) is 0 Å². The van der Waals surface area contributed by atoms with Gasteiger partial charge in [-0.15, -0.1) is 0 Å². The smallest absolute Gasteiger partial charge is 0.306 e. The Bertz CT molecular complexity index is 722. The molecule has 1 amide bonds. The first-order valence-corrected chi connectivity index (χ1v) is 7.42. The number of likely N-dealkylation sites (N-methyl/N-ethyl adjacent to an activating group) is 1. The largest absolute Gasteiger partial charge is 0.481 e. The Morgan fingerprint density at radius 1 is 1.35 bits per heavy atom. The van der Waals surface area contributed by atoms with Crippen molar-refractivity contribution in [2.24, 2.45) is 5.92 Å². The minimum absolute atomic E-state index is 0.0392. The molecule has 9 heteroatoms. The van der Waals surface area contributed by atoms with Crippen LogP contribution in [-0.2, 0) is 9.59 Å². The van der Waals surface area contributed by atoms with Crippen molar-refractivity contribution in [3.63, 3.8) is 0 Å². The van der Waals surface area contributed by atoms with E-state index in [-0.39, 0.29) is 18.4 Å². The quantitative estimate of drug-likeness (QED) is 0.822. The Morgan fingerprint density at radius 3 is 2.78 bits per heavy atom. The Balaban J connectivity index is 1.64. The van der Waals surface area contributed by atoms with E-state index in [4.69, 9.17) is 5.11 Å². The van der Waals surface area contributed by atoms with Crippen molar-refractivity contribution in [2.75, 3.05) is 31.6 Å². The lowest BCUT2D eigenvalue weighted by molar-refractivity contribution is -0.145. The van der Waals surface area contributed by atoms with Gasteiger partial charge in [-0.25, -0.2) is 15.0 Å². The zero-order chi connectivity index (χ0) is 16.4. The summed E-state index contributed by atoms with van der Waals surface area (Å²) in [5.74, 6) is -0.552. The first kappa shape index (κ1) is 15.2. The van der Waals surface area contributed by atoms with Crippen LogP contribution in [0.1, 0.15) is 12.8 Å². The van der Waals surface area contributed by atoms with Crippen molar-refractivity contribution >= 4 is 28.9 Å². The lowest BCUT2D eigenvalue weighted by Crippen LogP contribution is -2.44. The monoisotopic (exact) mass is 318 g/mol. The van der Waals surface area contributed by atoms with E-state index in [1.807, 2.05) is 0 Å². The zero-order valence-electron chi connectivity index (χ0n) is 12.8. The van der Waals surface area contributed by atoms with Gasteiger partial charge in [0.1, 0.15) is 11.8 Å². The number of carbonyl (C=O) groups is 2. The topological polar surface area (TPSA) is 115 Å². The molecule has 1 fully saturated rings. The van der Waals surface area contributed by atoms with Crippen molar-refractivity contribution in [3.05, 3.63) is 12.7 Å². The highest BCUT2D eigenvalue weighted by Crippen LogP contribution is 2.20. The summed E-state index contributed by atoms with van der Waals surface area (Å²) in [5, 5.41) is 9.00. The molecule has 0 atom stereocenters. The second-order valence-electron chi connectivity index (χ2n) is 5.65. The molecule has 1 aliphatic heterocycles.